The van der Waals surface area contributed by atoms with E-state index in [0.717, 1.165) is 0 Å². The van der Waals surface area contributed by atoms with Crippen molar-refractivity contribution >= 4 is 29.0 Å². The lowest BCUT2D eigenvalue weighted by Crippen LogP contribution is -2.27. The van der Waals surface area contributed by atoms with Gasteiger partial charge in [-0.05, 0) is 30.5 Å². The van der Waals surface area contributed by atoms with Crippen LogP contribution in [0.15, 0.2) is 48.0 Å². The highest BCUT2D eigenvalue weighted by Crippen LogP contribution is 2.22. The van der Waals surface area contributed by atoms with Crippen LogP contribution in [0.4, 0.5) is 10.5 Å². The lowest BCUT2D eigenvalue weighted by atomic mass is 10.3. The average molecular weight is 322 g/mol. The fraction of sp³-hybridized carbons (Fsp3) is 0.250. The highest BCUT2D eigenvalue weighted by atomic mass is 32.1. The van der Waals surface area contributed by atoms with Crippen molar-refractivity contribution in [3.8, 4) is 0 Å². The fourth-order valence-corrected chi connectivity index (χ4v) is 2.15. The van der Waals surface area contributed by atoms with Gasteiger partial charge in [-0.1, -0.05) is 32.6 Å². The van der Waals surface area contributed by atoms with Gasteiger partial charge in [-0.2, -0.15) is 0 Å². The molecule has 0 spiro atoms. The largest absolute Gasteiger partial charge is 0.465 e. The second-order valence-corrected chi connectivity index (χ2v) is 4.51. The Morgan fingerprint density at radius 3 is 2.59 bits per heavy atom. The molecule has 0 aromatic carbocycles. The highest BCUT2D eigenvalue weighted by Gasteiger charge is 2.15. The zero-order valence-corrected chi connectivity index (χ0v) is 14.1. The summed E-state index contributed by atoms with van der Waals surface area (Å²) in [6.07, 6.45) is 6.75. The maximum atomic E-state index is 11.9. The second-order valence-electron chi connectivity index (χ2n) is 3.59. The maximum absolute atomic E-state index is 11.9. The lowest BCUT2D eigenvalue weighted by molar-refractivity contribution is 0.0607. The molecule has 1 heterocycles. The predicted octanol–water partition coefficient (Wildman–Crippen LogP) is 4.33. The Bertz CT molecular complexity index is 559. The summed E-state index contributed by atoms with van der Waals surface area (Å²) in [7, 11) is 1.29. The molecule has 1 aromatic heterocycles. The van der Waals surface area contributed by atoms with Crippen LogP contribution in [0.1, 0.15) is 30.4 Å². The standard InChI is InChI=1S/C14H16N2O3S.C2H6/c1-4-6-10(7-5-2)15-14(18)16-11-8-9-20-12(11)13(17)19-3;1-2/h4-9H,1H2,2-3H3,(H2,15,16,18);1-2H3/b7-5-,10-6+;. The summed E-state index contributed by atoms with van der Waals surface area (Å²) in [5.74, 6) is -0.481. The smallest absolute Gasteiger partial charge is 0.350 e. The number of methoxy groups -OCH3 is 1. The van der Waals surface area contributed by atoms with E-state index in [-0.39, 0.29) is 0 Å². The number of thiophene rings is 1. The fourth-order valence-electron chi connectivity index (χ4n) is 1.39. The summed E-state index contributed by atoms with van der Waals surface area (Å²) < 4.78 is 4.64. The van der Waals surface area contributed by atoms with Crippen molar-refractivity contribution in [1.29, 1.82) is 0 Å². The van der Waals surface area contributed by atoms with E-state index in [1.165, 1.54) is 18.4 Å². The van der Waals surface area contributed by atoms with E-state index in [0.29, 0.717) is 16.3 Å². The number of carbonyl (C=O) groups excluding carboxylic acids is 2. The highest BCUT2D eigenvalue weighted by molar-refractivity contribution is 7.12. The summed E-state index contributed by atoms with van der Waals surface area (Å²) in [6, 6.07) is 1.20. The first-order chi connectivity index (χ1) is 10.6. The first kappa shape index (κ1) is 19.7. The van der Waals surface area contributed by atoms with Crippen molar-refractivity contribution in [3.05, 3.63) is 52.9 Å². The molecule has 0 saturated heterocycles. The Kier molecular flexibility index (Phi) is 10.1. The first-order valence-electron chi connectivity index (χ1n) is 6.81. The van der Waals surface area contributed by atoms with E-state index in [1.54, 1.807) is 35.8 Å². The minimum Gasteiger partial charge on any atom is -0.465 e. The van der Waals surface area contributed by atoms with Gasteiger partial charge in [0.05, 0.1) is 12.8 Å². The van der Waals surface area contributed by atoms with E-state index >= 15 is 0 Å². The molecule has 2 N–H and O–H groups in total. The number of hydrogen-bond acceptors (Lipinski definition) is 4. The zero-order chi connectivity index (χ0) is 17.0. The topological polar surface area (TPSA) is 67.4 Å². The molecule has 0 aliphatic carbocycles. The molecular weight excluding hydrogens is 300 g/mol. The van der Waals surface area contributed by atoms with E-state index in [4.69, 9.17) is 0 Å². The van der Waals surface area contributed by atoms with Gasteiger partial charge in [-0.15, -0.1) is 11.3 Å². The molecule has 0 fully saturated rings. The number of urea groups is 1. The Morgan fingerprint density at radius 2 is 2.05 bits per heavy atom. The summed E-state index contributed by atoms with van der Waals surface area (Å²) in [6.45, 7) is 9.41. The molecule has 6 heteroatoms. The Labute approximate surface area is 135 Å². The number of nitrogens with one attached hydrogen (secondary N) is 2. The summed E-state index contributed by atoms with van der Waals surface area (Å²) in [4.78, 5) is 23.7. The molecule has 0 aliphatic heterocycles. The van der Waals surface area contributed by atoms with Gasteiger partial charge in [-0.3, -0.25) is 0 Å². The Hall–Kier alpha value is -2.34. The van der Waals surface area contributed by atoms with Gasteiger partial charge in [0.2, 0.25) is 0 Å². The molecule has 0 atom stereocenters. The molecule has 5 nitrogen and oxygen atoms in total. The van der Waals surface area contributed by atoms with Gasteiger partial charge < -0.3 is 15.4 Å². The molecule has 0 radical (unpaired) electrons. The molecule has 1 aromatic rings. The van der Waals surface area contributed by atoms with Crippen molar-refractivity contribution in [1.82, 2.24) is 5.32 Å². The van der Waals surface area contributed by atoms with Crippen LogP contribution in [-0.4, -0.2) is 19.1 Å². The normalized spacial score (nSPS) is 10.5. The van der Waals surface area contributed by atoms with Crippen LogP contribution in [0, 0.1) is 0 Å². The van der Waals surface area contributed by atoms with Crippen molar-refractivity contribution < 1.29 is 14.3 Å². The minimum atomic E-state index is -0.481. The Morgan fingerprint density at radius 1 is 1.36 bits per heavy atom. The number of anilines is 1. The van der Waals surface area contributed by atoms with Gasteiger partial charge in [0.25, 0.3) is 0 Å². The number of ether oxygens (including phenoxy) is 1. The third-order valence-corrected chi connectivity index (χ3v) is 3.08. The zero-order valence-electron chi connectivity index (χ0n) is 13.3. The number of carbonyl (C=O) groups is 2. The molecule has 0 saturated carbocycles. The van der Waals surface area contributed by atoms with Crippen molar-refractivity contribution in [2.75, 3.05) is 12.4 Å². The number of rotatable bonds is 5. The summed E-state index contributed by atoms with van der Waals surface area (Å²) in [5, 5.41) is 6.95. The molecule has 22 heavy (non-hydrogen) atoms. The van der Waals surface area contributed by atoms with Crippen molar-refractivity contribution in [2.45, 2.75) is 20.8 Å². The average Bonchev–Trinajstić information content (AvgIpc) is 2.97. The SMILES string of the molecule is C=C/C=C(\C=C/C)NC(=O)Nc1ccsc1C(=O)OC.CC. The summed E-state index contributed by atoms with van der Waals surface area (Å²) in [5.41, 5.74) is 1.01. The maximum Gasteiger partial charge on any atom is 0.350 e. The molecule has 0 bridgehead atoms. The van der Waals surface area contributed by atoms with Crippen LogP contribution in [-0.2, 0) is 4.74 Å². The predicted molar refractivity (Wildman–Crippen MR) is 92.3 cm³/mol. The van der Waals surface area contributed by atoms with Crippen LogP contribution < -0.4 is 10.6 Å². The van der Waals surface area contributed by atoms with Crippen LogP contribution in [0.3, 0.4) is 0 Å². The van der Waals surface area contributed by atoms with Gasteiger partial charge in [0, 0.05) is 5.70 Å². The first-order valence-corrected chi connectivity index (χ1v) is 7.69. The summed E-state index contributed by atoms with van der Waals surface area (Å²) >= 11 is 1.20. The molecule has 2 amide bonds. The van der Waals surface area contributed by atoms with Crippen LogP contribution >= 0.6 is 11.3 Å². The molecule has 0 aliphatic rings. The van der Waals surface area contributed by atoms with Gasteiger partial charge in [-0.25, -0.2) is 9.59 Å². The molecule has 1 rings (SSSR count). The Balaban J connectivity index is 0.00000211. The number of amides is 2. The van der Waals surface area contributed by atoms with Crippen LogP contribution in [0.2, 0.25) is 0 Å². The number of allylic oxidation sites excluding steroid dienone is 4. The third kappa shape index (κ3) is 6.41. The van der Waals surface area contributed by atoms with Crippen molar-refractivity contribution in [3.63, 3.8) is 0 Å². The molecule has 120 valence electrons. The van der Waals surface area contributed by atoms with Gasteiger partial charge in [0.1, 0.15) is 4.88 Å². The van der Waals surface area contributed by atoms with E-state index in [2.05, 4.69) is 21.9 Å². The number of esters is 1. The van der Waals surface area contributed by atoms with Gasteiger partial charge in [0.15, 0.2) is 0 Å². The monoisotopic (exact) mass is 322 g/mol. The van der Waals surface area contributed by atoms with E-state index < -0.39 is 12.0 Å². The third-order valence-electron chi connectivity index (χ3n) is 2.19. The molecular formula is C16H22N2O3S. The van der Waals surface area contributed by atoms with Crippen LogP contribution in [0.5, 0.6) is 0 Å². The minimum absolute atomic E-state index is 0.350. The molecule has 0 unspecified atom stereocenters. The second kappa shape index (κ2) is 11.3. The van der Waals surface area contributed by atoms with Gasteiger partial charge >= 0.3 is 12.0 Å². The quantitative estimate of drug-likeness (QED) is 0.626. The van der Waals surface area contributed by atoms with Crippen molar-refractivity contribution in [2.24, 2.45) is 0 Å². The van der Waals surface area contributed by atoms with Crippen LogP contribution in [0.25, 0.3) is 0 Å². The lowest BCUT2D eigenvalue weighted by Gasteiger charge is -2.08. The van der Waals surface area contributed by atoms with E-state index in [9.17, 15) is 9.59 Å². The number of hydrogen-bond donors (Lipinski definition) is 2. The van der Waals surface area contributed by atoms with E-state index in [1.807, 2.05) is 20.8 Å².